The second kappa shape index (κ2) is 7.53. The van der Waals surface area contributed by atoms with E-state index < -0.39 is 10.7 Å². The monoisotopic (exact) mass is 380 g/mol. The number of hydrogen-bond donors (Lipinski definition) is 1. The molecule has 0 amide bonds. The van der Waals surface area contributed by atoms with Crippen LogP contribution in [0.4, 0.5) is 19.6 Å². The first-order valence-corrected chi connectivity index (χ1v) is 8.58. The quantitative estimate of drug-likeness (QED) is 0.501. The molecule has 0 saturated heterocycles. The van der Waals surface area contributed by atoms with E-state index in [-0.39, 0.29) is 16.4 Å². The van der Waals surface area contributed by atoms with Crippen LogP contribution in [0.25, 0.3) is 0 Å². The SMILES string of the molecule is O=[N+]([O-])c1cc(F)ccc1Sc1nnc(NCc2ccc(F)cc2)s1. The molecule has 0 unspecified atom stereocenters. The van der Waals surface area contributed by atoms with E-state index in [4.69, 9.17) is 0 Å². The molecule has 0 saturated carbocycles. The van der Waals surface area contributed by atoms with Crippen molar-refractivity contribution in [2.45, 2.75) is 15.8 Å². The van der Waals surface area contributed by atoms with E-state index >= 15 is 0 Å². The minimum absolute atomic E-state index is 0.285. The summed E-state index contributed by atoms with van der Waals surface area (Å²) in [6.45, 7) is 0.441. The molecule has 128 valence electrons. The van der Waals surface area contributed by atoms with Crippen molar-refractivity contribution in [2.24, 2.45) is 0 Å². The summed E-state index contributed by atoms with van der Waals surface area (Å²) in [5.74, 6) is -0.978. The third kappa shape index (κ3) is 4.48. The topological polar surface area (TPSA) is 81.0 Å². The molecular formula is C15H10F2N4O2S2. The Balaban J connectivity index is 1.68. The van der Waals surface area contributed by atoms with Crippen LogP contribution < -0.4 is 5.32 Å². The summed E-state index contributed by atoms with van der Waals surface area (Å²) in [6.07, 6.45) is 0. The van der Waals surface area contributed by atoms with E-state index in [0.717, 1.165) is 29.5 Å². The fourth-order valence-electron chi connectivity index (χ4n) is 1.92. The minimum Gasteiger partial charge on any atom is -0.356 e. The zero-order valence-corrected chi connectivity index (χ0v) is 14.1. The molecule has 0 bridgehead atoms. The number of hydrogen-bond acceptors (Lipinski definition) is 7. The van der Waals surface area contributed by atoms with Gasteiger partial charge in [0.05, 0.1) is 15.9 Å². The van der Waals surface area contributed by atoms with Crippen LogP contribution >= 0.6 is 23.1 Å². The molecule has 6 nitrogen and oxygen atoms in total. The highest BCUT2D eigenvalue weighted by atomic mass is 32.2. The van der Waals surface area contributed by atoms with E-state index in [9.17, 15) is 18.9 Å². The molecule has 0 atom stereocenters. The molecule has 0 radical (unpaired) electrons. The highest BCUT2D eigenvalue weighted by Crippen LogP contribution is 2.37. The van der Waals surface area contributed by atoms with Gasteiger partial charge in [-0.25, -0.2) is 8.78 Å². The summed E-state index contributed by atoms with van der Waals surface area (Å²) in [6, 6.07) is 9.41. The molecule has 10 heteroatoms. The summed E-state index contributed by atoms with van der Waals surface area (Å²) < 4.78 is 26.5. The fourth-order valence-corrected chi connectivity index (χ4v) is 3.71. The first kappa shape index (κ1) is 17.2. The Labute approximate surface area is 149 Å². The van der Waals surface area contributed by atoms with Crippen molar-refractivity contribution < 1.29 is 13.7 Å². The number of rotatable bonds is 6. The average molecular weight is 380 g/mol. The van der Waals surface area contributed by atoms with Gasteiger partial charge in [0, 0.05) is 6.54 Å². The number of anilines is 1. The van der Waals surface area contributed by atoms with Crippen molar-refractivity contribution in [1.29, 1.82) is 0 Å². The van der Waals surface area contributed by atoms with Crippen molar-refractivity contribution in [3.05, 3.63) is 69.8 Å². The maximum Gasteiger partial charge on any atom is 0.286 e. The van der Waals surface area contributed by atoms with Crippen LogP contribution in [0.1, 0.15) is 5.56 Å². The number of benzene rings is 2. The van der Waals surface area contributed by atoms with Gasteiger partial charge < -0.3 is 5.32 Å². The zero-order chi connectivity index (χ0) is 17.8. The summed E-state index contributed by atoms with van der Waals surface area (Å²) >= 11 is 2.26. The number of halogens is 2. The molecule has 0 aliphatic carbocycles. The normalized spacial score (nSPS) is 10.6. The Morgan fingerprint density at radius 2 is 1.84 bits per heavy atom. The van der Waals surface area contributed by atoms with E-state index in [1.54, 1.807) is 12.1 Å². The van der Waals surface area contributed by atoms with Gasteiger partial charge in [-0.2, -0.15) is 0 Å². The Morgan fingerprint density at radius 3 is 2.56 bits per heavy atom. The fraction of sp³-hybridized carbons (Fsp3) is 0.0667. The number of nitro groups is 1. The van der Waals surface area contributed by atoms with E-state index in [1.165, 1.54) is 29.5 Å². The Morgan fingerprint density at radius 1 is 1.12 bits per heavy atom. The van der Waals surface area contributed by atoms with Gasteiger partial charge in [0.15, 0.2) is 4.34 Å². The van der Waals surface area contributed by atoms with Crippen molar-refractivity contribution in [2.75, 3.05) is 5.32 Å². The lowest BCUT2D eigenvalue weighted by molar-refractivity contribution is -0.387. The molecule has 3 rings (SSSR count). The van der Waals surface area contributed by atoms with E-state index in [0.29, 0.717) is 16.0 Å². The van der Waals surface area contributed by atoms with Gasteiger partial charge in [0.25, 0.3) is 5.69 Å². The summed E-state index contributed by atoms with van der Waals surface area (Å²) in [4.78, 5) is 10.7. The van der Waals surface area contributed by atoms with Crippen LogP contribution in [0.15, 0.2) is 51.7 Å². The van der Waals surface area contributed by atoms with Gasteiger partial charge in [0.2, 0.25) is 5.13 Å². The lowest BCUT2D eigenvalue weighted by atomic mass is 10.2. The van der Waals surface area contributed by atoms with Crippen LogP contribution in [0.5, 0.6) is 0 Å². The molecule has 0 spiro atoms. The molecule has 0 aliphatic heterocycles. The lowest BCUT2D eigenvalue weighted by Gasteiger charge is -2.01. The van der Waals surface area contributed by atoms with Gasteiger partial charge in [-0.3, -0.25) is 10.1 Å². The molecule has 1 aromatic heterocycles. The van der Waals surface area contributed by atoms with Gasteiger partial charge in [-0.15, -0.1) is 10.2 Å². The molecule has 1 heterocycles. The van der Waals surface area contributed by atoms with Crippen LogP contribution in [-0.2, 0) is 6.54 Å². The molecular weight excluding hydrogens is 370 g/mol. The van der Waals surface area contributed by atoms with Crippen LogP contribution in [-0.4, -0.2) is 15.1 Å². The van der Waals surface area contributed by atoms with Gasteiger partial charge in [0.1, 0.15) is 11.6 Å². The molecule has 0 fully saturated rings. The average Bonchev–Trinajstić information content (AvgIpc) is 3.03. The third-order valence-electron chi connectivity index (χ3n) is 3.08. The van der Waals surface area contributed by atoms with Crippen LogP contribution in [0, 0.1) is 21.7 Å². The standard InChI is InChI=1S/C15H10F2N4O2S2/c16-10-3-1-9(2-4-10)8-18-14-19-20-15(25-14)24-13-6-5-11(17)7-12(13)21(22)23/h1-7H,8H2,(H,18,19). The first-order chi connectivity index (χ1) is 12.0. The Hall–Kier alpha value is -2.59. The number of nitro benzene ring substituents is 1. The predicted octanol–water partition coefficient (Wildman–Crippen LogP) is 4.49. The predicted molar refractivity (Wildman–Crippen MR) is 90.8 cm³/mol. The second-order valence-corrected chi connectivity index (χ2v) is 7.09. The third-order valence-corrected chi connectivity index (χ3v) is 5.08. The van der Waals surface area contributed by atoms with Gasteiger partial charge >= 0.3 is 0 Å². The lowest BCUT2D eigenvalue weighted by Crippen LogP contribution is -1.98. The van der Waals surface area contributed by atoms with Crippen molar-refractivity contribution >= 4 is 33.9 Å². The number of nitrogens with zero attached hydrogens (tertiary/aromatic N) is 3. The van der Waals surface area contributed by atoms with Crippen LogP contribution in [0.2, 0.25) is 0 Å². The maximum atomic E-state index is 13.2. The van der Waals surface area contributed by atoms with Crippen LogP contribution in [0.3, 0.4) is 0 Å². The largest absolute Gasteiger partial charge is 0.356 e. The van der Waals surface area contributed by atoms with Crippen molar-refractivity contribution in [1.82, 2.24) is 10.2 Å². The van der Waals surface area contributed by atoms with Crippen molar-refractivity contribution in [3.8, 4) is 0 Å². The number of nitrogens with one attached hydrogen (secondary N) is 1. The Bertz CT molecular complexity index is 903. The highest BCUT2D eigenvalue weighted by Gasteiger charge is 2.18. The Kier molecular flexibility index (Phi) is 5.19. The molecule has 1 N–H and O–H groups in total. The smallest absolute Gasteiger partial charge is 0.286 e. The first-order valence-electron chi connectivity index (χ1n) is 6.95. The van der Waals surface area contributed by atoms with Gasteiger partial charge in [-0.1, -0.05) is 23.5 Å². The minimum atomic E-state index is -0.671. The molecule has 3 aromatic rings. The molecule has 0 aliphatic rings. The number of aromatic nitrogens is 2. The zero-order valence-electron chi connectivity index (χ0n) is 12.5. The molecule has 2 aromatic carbocycles. The summed E-state index contributed by atoms with van der Waals surface area (Å²) in [5.41, 5.74) is 0.556. The van der Waals surface area contributed by atoms with E-state index in [2.05, 4.69) is 15.5 Å². The van der Waals surface area contributed by atoms with Gasteiger partial charge in [-0.05, 0) is 41.6 Å². The van der Waals surface area contributed by atoms with E-state index in [1.807, 2.05) is 0 Å². The molecule has 25 heavy (non-hydrogen) atoms. The summed E-state index contributed by atoms with van der Waals surface area (Å²) in [5, 5.41) is 22.5. The highest BCUT2D eigenvalue weighted by molar-refractivity contribution is 8.01. The maximum absolute atomic E-state index is 13.2. The van der Waals surface area contributed by atoms with Crippen molar-refractivity contribution in [3.63, 3.8) is 0 Å². The second-order valence-electron chi connectivity index (χ2n) is 4.82. The summed E-state index contributed by atoms with van der Waals surface area (Å²) in [7, 11) is 0.